The molecule has 2 aliphatic heterocycles. The molecular formula is C36H54N2. The summed E-state index contributed by atoms with van der Waals surface area (Å²) in [6, 6.07) is 15.4. The lowest BCUT2D eigenvalue weighted by molar-refractivity contribution is 0.556. The van der Waals surface area contributed by atoms with Gasteiger partial charge in [0.25, 0.3) is 0 Å². The molecule has 0 saturated heterocycles. The molecule has 2 heteroatoms. The van der Waals surface area contributed by atoms with E-state index in [1.54, 1.807) is 0 Å². The van der Waals surface area contributed by atoms with Gasteiger partial charge >= 0.3 is 0 Å². The summed E-state index contributed by atoms with van der Waals surface area (Å²) in [5.41, 5.74) is 9.65. The zero-order valence-electron chi connectivity index (χ0n) is 25.5. The highest BCUT2D eigenvalue weighted by Crippen LogP contribution is 2.35. The molecule has 38 heavy (non-hydrogen) atoms. The molecule has 2 aromatic carbocycles. The first kappa shape index (κ1) is 30.1. The average Bonchev–Trinajstić information content (AvgIpc) is 2.84. The Morgan fingerprint density at radius 2 is 1.08 bits per heavy atom. The molecule has 0 spiro atoms. The Morgan fingerprint density at radius 1 is 0.579 bits per heavy atom. The van der Waals surface area contributed by atoms with Crippen molar-refractivity contribution in [1.29, 1.82) is 0 Å². The van der Waals surface area contributed by atoms with Crippen LogP contribution < -0.4 is 10.6 Å². The van der Waals surface area contributed by atoms with E-state index in [4.69, 9.17) is 0 Å². The fourth-order valence-electron chi connectivity index (χ4n) is 5.94. The fraction of sp³-hybridized carbons (Fsp3) is 0.556. The second-order valence-electron chi connectivity index (χ2n) is 12.7. The van der Waals surface area contributed by atoms with Crippen LogP contribution in [0.25, 0.3) is 11.1 Å². The number of nitrogens with one attached hydrogen (secondary N) is 2. The first-order valence-corrected chi connectivity index (χ1v) is 15.3. The normalized spacial score (nSPS) is 16.5. The molecule has 0 bridgehead atoms. The van der Waals surface area contributed by atoms with E-state index in [1.807, 2.05) is 0 Å². The van der Waals surface area contributed by atoms with Crippen LogP contribution in [0.1, 0.15) is 129 Å². The minimum absolute atomic E-state index is 0.0646. The molecule has 2 aromatic rings. The minimum Gasteiger partial charge on any atom is -0.376 e. The van der Waals surface area contributed by atoms with Crippen LogP contribution in [0.15, 0.2) is 54.6 Å². The highest BCUT2D eigenvalue weighted by atomic mass is 15.0. The summed E-state index contributed by atoms with van der Waals surface area (Å²) in [6.07, 6.45) is 19.9. The quantitative estimate of drug-likeness (QED) is 0.291. The van der Waals surface area contributed by atoms with Gasteiger partial charge in [-0.1, -0.05) is 101 Å². The smallest absolute Gasteiger partial charge is 0.0505 e. The summed E-state index contributed by atoms with van der Waals surface area (Å²) < 4.78 is 0. The topological polar surface area (TPSA) is 24.1 Å². The lowest BCUT2D eigenvalue weighted by Gasteiger charge is -2.31. The Kier molecular flexibility index (Phi) is 11.1. The van der Waals surface area contributed by atoms with Gasteiger partial charge < -0.3 is 10.6 Å². The summed E-state index contributed by atoms with van der Waals surface area (Å²) >= 11 is 0. The highest BCUT2D eigenvalue weighted by Gasteiger charge is 2.22. The Morgan fingerprint density at radius 3 is 1.68 bits per heavy atom. The molecule has 0 unspecified atom stereocenters. The molecule has 2 N–H and O–H groups in total. The van der Waals surface area contributed by atoms with Crippen molar-refractivity contribution in [1.82, 2.24) is 0 Å². The van der Waals surface area contributed by atoms with Crippen molar-refractivity contribution >= 4 is 22.5 Å². The van der Waals surface area contributed by atoms with Gasteiger partial charge in [0.2, 0.25) is 0 Å². The van der Waals surface area contributed by atoms with Crippen LogP contribution in [-0.4, -0.2) is 11.1 Å². The molecule has 0 aliphatic carbocycles. The van der Waals surface area contributed by atoms with Crippen LogP contribution in [0, 0.1) is 0 Å². The van der Waals surface area contributed by atoms with E-state index in [9.17, 15) is 0 Å². The Labute approximate surface area is 234 Å². The van der Waals surface area contributed by atoms with E-state index < -0.39 is 0 Å². The van der Waals surface area contributed by atoms with Crippen molar-refractivity contribution in [3.05, 3.63) is 71.3 Å². The van der Waals surface area contributed by atoms with Crippen molar-refractivity contribution in [2.24, 2.45) is 0 Å². The van der Waals surface area contributed by atoms with Gasteiger partial charge in [-0.05, 0) is 89.3 Å². The molecule has 0 atom stereocenters. The third-order valence-electron chi connectivity index (χ3n) is 7.75. The standard InChI is InChI=1S/C24H39N.C12H15N/c1-5-6-7-8-9-10-11-12-13-14-15-21-16-17-23-22(18-21)20(2)19-24(3,4)25-23;1-9-8-12(2,3)13-11-7-5-4-6-10(9)11/h16-19,25H,5-15H2,1-4H3;4-8,13H,1-3H3. The third kappa shape index (κ3) is 9.37. The third-order valence-corrected chi connectivity index (χ3v) is 7.75. The molecular weight excluding hydrogens is 460 g/mol. The number of allylic oxidation sites excluding steroid dienone is 2. The molecule has 2 heterocycles. The molecule has 0 saturated carbocycles. The van der Waals surface area contributed by atoms with Crippen LogP contribution >= 0.6 is 0 Å². The van der Waals surface area contributed by atoms with Crippen molar-refractivity contribution in [3.63, 3.8) is 0 Å². The maximum absolute atomic E-state index is 3.63. The maximum Gasteiger partial charge on any atom is 0.0505 e. The summed E-state index contributed by atoms with van der Waals surface area (Å²) in [7, 11) is 0. The molecule has 2 nitrogen and oxygen atoms in total. The molecule has 0 amide bonds. The number of anilines is 2. The van der Waals surface area contributed by atoms with Crippen LogP contribution in [-0.2, 0) is 6.42 Å². The zero-order chi connectivity index (χ0) is 27.6. The van der Waals surface area contributed by atoms with E-state index in [1.165, 1.54) is 110 Å². The van der Waals surface area contributed by atoms with Gasteiger partial charge in [-0.3, -0.25) is 0 Å². The van der Waals surface area contributed by atoms with Crippen LogP contribution in [0.2, 0.25) is 0 Å². The molecule has 0 aromatic heterocycles. The van der Waals surface area contributed by atoms with Gasteiger partial charge in [0.1, 0.15) is 0 Å². The second-order valence-corrected chi connectivity index (χ2v) is 12.7. The summed E-state index contributed by atoms with van der Waals surface area (Å²) in [4.78, 5) is 0. The lowest BCUT2D eigenvalue weighted by Crippen LogP contribution is -2.31. The molecule has 0 radical (unpaired) electrons. The Bertz CT molecular complexity index is 1090. The summed E-state index contributed by atoms with van der Waals surface area (Å²) in [5.74, 6) is 0. The zero-order valence-corrected chi connectivity index (χ0v) is 25.5. The van der Waals surface area contributed by atoms with Gasteiger partial charge in [0.05, 0.1) is 11.1 Å². The monoisotopic (exact) mass is 514 g/mol. The SMILES string of the molecule is CC1=CC(C)(C)Nc2ccccc21.CCCCCCCCCCCCc1ccc2c(c1)C(C)=CC(C)(C)N2. The molecule has 0 fully saturated rings. The number of hydrogen-bond donors (Lipinski definition) is 2. The van der Waals surface area contributed by atoms with Gasteiger partial charge in [-0.2, -0.15) is 0 Å². The number of rotatable bonds is 11. The lowest BCUT2D eigenvalue weighted by atomic mass is 9.90. The maximum atomic E-state index is 3.63. The highest BCUT2D eigenvalue weighted by molar-refractivity contribution is 5.81. The molecule has 208 valence electrons. The van der Waals surface area contributed by atoms with Gasteiger partial charge in [0.15, 0.2) is 0 Å². The first-order chi connectivity index (χ1) is 18.1. The molecule has 2 aliphatic rings. The van der Waals surface area contributed by atoms with Crippen molar-refractivity contribution in [2.45, 2.75) is 130 Å². The van der Waals surface area contributed by atoms with E-state index in [-0.39, 0.29) is 11.1 Å². The second kappa shape index (κ2) is 14.1. The van der Waals surface area contributed by atoms with Crippen LogP contribution in [0.3, 0.4) is 0 Å². The van der Waals surface area contributed by atoms with Crippen molar-refractivity contribution in [3.8, 4) is 0 Å². The average molecular weight is 515 g/mol. The van der Waals surface area contributed by atoms with Gasteiger partial charge in [0, 0.05) is 22.5 Å². The fourth-order valence-corrected chi connectivity index (χ4v) is 5.94. The van der Waals surface area contributed by atoms with Crippen LogP contribution in [0.5, 0.6) is 0 Å². The number of aryl methyl sites for hydroxylation is 1. The Balaban J connectivity index is 0.000000256. The largest absolute Gasteiger partial charge is 0.376 e. The predicted octanol–water partition coefficient (Wildman–Crippen LogP) is 11.1. The van der Waals surface area contributed by atoms with Crippen molar-refractivity contribution < 1.29 is 0 Å². The summed E-state index contributed by atoms with van der Waals surface area (Å²) in [5, 5.41) is 7.12. The van der Waals surface area contributed by atoms with E-state index in [0.717, 1.165) is 0 Å². The number of hydrogen-bond acceptors (Lipinski definition) is 2. The predicted molar refractivity (Wildman–Crippen MR) is 171 cm³/mol. The van der Waals surface area contributed by atoms with Crippen molar-refractivity contribution in [2.75, 3.05) is 10.6 Å². The van der Waals surface area contributed by atoms with Crippen LogP contribution in [0.4, 0.5) is 11.4 Å². The van der Waals surface area contributed by atoms with E-state index in [0.29, 0.717) is 0 Å². The van der Waals surface area contributed by atoms with E-state index in [2.05, 4.69) is 114 Å². The first-order valence-electron chi connectivity index (χ1n) is 15.3. The number of fused-ring (bicyclic) bond motifs is 2. The number of unbranched alkanes of at least 4 members (excludes halogenated alkanes) is 9. The summed E-state index contributed by atoms with van der Waals surface area (Å²) in [6.45, 7) is 15.5. The van der Waals surface area contributed by atoms with E-state index >= 15 is 0 Å². The number of para-hydroxylation sites is 1. The molecule has 4 rings (SSSR count). The number of benzene rings is 2. The van der Waals surface area contributed by atoms with Gasteiger partial charge in [-0.25, -0.2) is 0 Å². The van der Waals surface area contributed by atoms with Gasteiger partial charge in [-0.15, -0.1) is 0 Å². The minimum atomic E-state index is 0.0646. The Hall–Kier alpha value is -2.48.